The molecule has 0 fully saturated rings. The van der Waals surface area contributed by atoms with Gasteiger partial charge in [0.25, 0.3) is 0 Å². The first-order valence-electron chi connectivity index (χ1n) is 9.48. The standard InChI is InChI=1S/C22H26N2O4/c1-14-15(2)24-11-10-17-19(21(24)23-14)28-18(16-8-6-5-7-9-16)20(25)22(17,3)27-13-12-26-4/h5-11,18,20,25H,12-13H2,1-4H3/t18-,20?,22?/m1/s1. The lowest BCUT2D eigenvalue weighted by Gasteiger charge is -2.44. The zero-order valence-electron chi connectivity index (χ0n) is 16.7. The van der Waals surface area contributed by atoms with E-state index in [1.54, 1.807) is 7.11 Å². The van der Waals surface area contributed by atoms with Crippen molar-refractivity contribution < 1.29 is 19.3 Å². The number of methoxy groups -OCH3 is 1. The highest BCUT2D eigenvalue weighted by molar-refractivity contribution is 5.63. The Labute approximate surface area is 164 Å². The van der Waals surface area contributed by atoms with Gasteiger partial charge in [0, 0.05) is 24.6 Å². The van der Waals surface area contributed by atoms with E-state index < -0.39 is 17.8 Å². The number of benzene rings is 1. The molecule has 1 aliphatic rings. The molecule has 0 radical (unpaired) electrons. The molecule has 0 saturated carbocycles. The smallest absolute Gasteiger partial charge is 0.180 e. The van der Waals surface area contributed by atoms with Crippen molar-refractivity contribution in [3.8, 4) is 5.75 Å². The largest absolute Gasteiger partial charge is 0.479 e. The quantitative estimate of drug-likeness (QED) is 0.686. The monoisotopic (exact) mass is 382 g/mol. The first kappa shape index (κ1) is 18.9. The van der Waals surface area contributed by atoms with Gasteiger partial charge in [-0.15, -0.1) is 0 Å². The van der Waals surface area contributed by atoms with Gasteiger partial charge in [-0.3, -0.25) is 0 Å². The topological polar surface area (TPSA) is 65.2 Å². The Bertz CT molecular complexity index is 985. The molecule has 3 atom stereocenters. The van der Waals surface area contributed by atoms with Crippen molar-refractivity contribution in [2.24, 2.45) is 0 Å². The van der Waals surface area contributed by atoms with Crippen LogP contribution in [0, 0.1) is 13.8 Å². The number of imidazole rings is 1. The number of ether oxygens (including phenoxy) is 3. The van der Waals surface area contributed by atoms with Gasteiger partial charge < -0.3 is 23.7 Å². The van der Waals surface area contributed by atoms with Crippen molar-refractivity contribution in [3.05, 3.63) is 65.1 Å². The van der Waals surface area contributed by atoms with E-state index in [-0.39, 0.29) is 0 Å². The zero-order valence-corrected chi connectivity index (χ0v) is 16.7. The average Bonchev–Trinajstić information content (AvgIpc) is 3.00. The second-order valence-electron chi connectivity index (χ2n) is 7.38. The Balaban J connectivity index is 1.89. The van der Waals surface area contributed by atoms with Crippen LogP contribution in [0.1, 0.15) is 35.5 Å². The minimum atomic E-state index is -0.956. The molecule has 0 amide bonds. The van der Waals surface area contributed by atoms with E-state index >= 15 is 0 Å². The Morgan fingerprint density at radius 2 is 1.93 bits per heavy atom. The third-order valence-corrected chi connectivity index (χ3v) is 5.67. The van der Waals surface area contributed by atoms with E-state index in [0.717, 1.165) is 28.2 Å². The van der Waals surface area contributed by atoms with Crippen LogP contribution in [0.5, 0.6) is 5.75 Å². The highest BCUT2D eigenvalue weighted by atomic mass is 16.6. The molecule has 1 aliphatic heterocycles. The zero-order chi connectivity index (χ0) is 19.9. The van der Waals surface area contributed by atoms with Crippen LogP contribution in [0.3, 0.4) is 0 Å². The van der Waals surface area contributed by atoms with Crippen LogP contribution in [0.25, 0.3) is 5.65 Å². The van der Waals surface area contributed by atoms with E-state index in [0.29, 0.717) is 19.0 Å². The lowest BCUT2D eigenvalue weighted by Crippen LogP contribution is -2.48. The molecule has 1 N–H and O–H groups in total. The normalized spacial score (nSPS) is 24.2. The lowest BCUT2D eigenvalue weighted by molar-refractivity contribution is -0.171. The summed E-state index contributed by atoms with van der Waals surface area (Å²) in [5.74, 6) is 0.651. The fourth-order valence-corrected chi connectivity index (χ4v) is 3.85. The molecule has 4 rings (SSSR count). The van der Waals surface area contributed by atoms with Crippen molar-refractivity contribution in [1.29, 1.82) is 0 Å². The van der Waals surface area contributed by atoms with Crippen LogP contribution in [0.2, 0.25) is 0 Å². The number of hydrogen-bond donors (Lipinski definition) is 1. The summed E-state index contributed by atoms with van der Waals surface area (Å²) in [7, 11) is 1.63. The molecule has 0 aliphatic carbocycles. The Morgan fingerprint density at radius 3 is 2.64 bits per heavy atom. The number of aromatic nitrogens is 2. The third kappa shape index (κ3) is 2.89. The van der Waals surface area contributed by atoms with Crippen LogP contribution in [-0.2, 0) is 15.1 Å². The molecule has 3 aromatic rings. The SMILES string of the molecule is COCCOC1(C)c2ccn3c(C)c(C)nc3c2O[C@H](c2ccccc2)C1O. The van der Waals surface area contributed by atoms with E-state index in [1.165, 1.54) is 0 Å². The number of aliphatic hydroxyl groups excluding tert-OH is 1. The van der Waals surface area contributed by atoms with Crippen molar-refractivity contribution in [2.75, 3.05) is 20.3 Å². The highest BCUT2D eigenvalue weighted by Crippen LogP contribution is 2.48. The second-order valence-corrected chi connectivity index (χ2v) is 7.38. The summed E-state index contributed by atoms with van der Waals surface area (Å²) in [5.41, 5.74) is 3.47. The number of fused-ring (bicyclic) bond motifs is 3. The van der Waals surface area contributed by atoms with Crippen LogP contribution in [0.4, 0.5) is 0 Å². The maximum Gasteiger partial charge on any atom is 0.180 e. The van der Waals surface area contributed by atoms with Gasteiger partial charge in [0.05, 0.1) is 18.9 Å². The molecule has 148 valence electrons. The molecular formula is C22H26N2O4. The number of pyridine rings is 1. The second kappa shape index (κ2) is 7.20. The van der Waals surface area contributed by atoms with Crippen LogP contribution >= 0.6 is 0 Å². The predicted octanol–water partition coefficient (Wildman–Crippen LogP) is 3.32. The molecular weight excluding hydrogens is 356 g/mol. The summed E-state index contributed by atoms with van der Waals surface area (Å²) < 4.78 is 19.7. The molecule has 0 bridgehead atoms. The Morgan fingerprint density at radius 1 is 1.18 bits per heavy atom. The van der Waals surface area contributed by atoms with Gasteiger partial charge in [-0.2, -0.15) is 0 Å². The van der Waals surface area contributed by atoms with Gasteiger partial charge in [-0.05, 0) is 32.4 Å². The number of aryl methyl sites for hydroxylation is 2. The summed E-state index contributed by atoms with van der Waals surface area (Å²) in [6, 6.07) is 11.7. The fraction of sp³-hybridized carbons (Fsp3) is 0.409. The summed E-state index contributed by atoms with van der Waals surface area (Å²) in [4.78, 5) is 4.72. The fourth-order valence-electron chi connectivity index (χ4n) is 3.85. The van der Waals surface area contributed by atoms with Gasteiger partial charge in [0.1, 0.15) is 11.7 Å². The van der Waals surface area contributed by atoms with Crippen LogP contribution in [0.15, 0.2) is 42.6 Å². The van der Waals surface area contributed by atoms with Crippen LogP contribution in [-0.4, -0.2) is 40.9 Å². The Hall–Kier alpha value is -2.41. The number of aliphatic hydroxyl groups is 1. The average molecular weight is 382 g/mol. The van der Waals surface area contributed by atoms with Crippen molar-refractivity contribution >= 4 is 5.65 Å². The van der Waals surface area contributed by atoms with Gasteiger partial charge in [0.2, 0.25) is 0 Å². The van der Waals surface area contributed by atoms with E-state index in [2.05, 4.69) is 0 Å². The minimum absolute atomic E-state index is 0.364. The summed E-state index contributed by atoms with van der Waals surface area (Å²) >= 11 is 0. The molecule has 28 heavy (non-hydrogen) atoms. The van der Waals surface area contributed by atoms with Gasteiger partial charge in [-0.1, -0.05) is 30.3 Å². The van der Waals surface area contributed by atoms with Gasteiger partial charge in [0.15, 0.2) is 17.5 Å². The van der Waals surface area contributed by atoms with Gasteiger partial charge >= 0.3 is 0 Å². The molecule has 0 spiro atoms. The van der Waals surface area contributed by atoms with Crippen molar-refractivity contribution in [1.82, 2.24) is 9.38 Å². The number of rotatable bonds is 5. The first-order chi connectivity index (χ1) is 13.5. The Kier molecular flexibility index (Phi) is 4.87. The predicted molar refractivity (Wildman–Crippen MR) is 106 cm³/mol. The summed E-state index contributed by atoms with van der Waals surface area (Å²) in [6.45, 7) is 6.72. The molecule has 6 heteroatoms. The van der Waals surface area contributed by atoms with E-state index in [9.17, 15) is 5.11 Å². The molecule has 2 aromatic heterocycles. The first-order valence-corrected chi connectivity index (χ1v) is 9.48. The third-order valence-electron chi connectivity index (χ3n) is 5.67. The van der Waals surface area contributed by atoms with E-state index in [4.69, 9.17) is 19.2 Å². The maximum absolute atomic E-state index is 11.3. The molecule has 3 heterocycles. The van der Waals surface area contributed by atoms with E-state index in [1.807, 2.05) is 67.8 Å². The lowest BCUT2D eigenvalue weighted by atomic mass is 9.82. The number of hydrogen-bond acceptors (Lipinski definition) is 5. The molecule has 6 nitrogen and oxygen atoms in total. The van der Waals surface area contributed by atoms with Crippen molar-refractivity contribution in [3.63, 3.8) is 0 Å². The minimum Gasteiger partial charge on any atom is -0.479 e. The molecule has 0 saturated heterocycles. The van der Waals surface area contributed by atoms with Gasteiger partial charge in [-0.25, -0.2) is 4.98 Å². The van der Waals surface area contributed by atoms with Crippen LogP contribution < -0.4 is 4.74 Å². The summed E-state index contributed by atoms with van der Waals surface area (Å²) in [6.07, 6.45) is 0.504. The highest BCUT2D eigenvalue weighted by Gasteiger charge is 2.49. The molecule has 1 aromatic carbocycles. The number of nitrogens with zero attached hydrogens (tertiary/aromatic N) is 2. The summed E-state index contributed by atoms with van der Waals surface area (Å²) in [5, 5.41) is 11.3. The van der Waals surface area contributed by atoms with Crippen molar-refractivity contribution in [2.45, 2.75) is 38.6 Å². The maximum atomic E-state index is 11.3. The molecule has 2 unspecified atom stereocenters.